The van der Waals surface area contributed by atoms with Crippen molar-refractivity contribution in [1.29, 1.82) is 0 Å². The van der Waals surface area contributed by atoms with Gasteiger partial charge in [-0.25, -0.2) is 4.79 Å². The molecule has 5 heteroatoms. The second kappa shape index (κ2) is 7.71. The molecular weight excluding hydrogens is 366 g/mol. The molecule has 0 aromatic heterocycles. The van der Waals surface area contributed by atoms with Crippen LogP contribution >= 0.6 is 15.9 Å². The summed E-state index contributed by atoms with van der Waals surface area (Å²) in [5, 5.41) is 2.98. The molecule has 2 amide bonds. The summed E-state index contributed by atoms with van der Waals surface area (Å²) < 4.78 is 0.897. The van der Waals surface area contributed by atoms with Crippen molar-refractivity contribution in [1.82, 2.24) is 4.90 Å². The van der Waals surface area contributed by atoms with Gasteiger partial charge in [0.2, 0.25) is 0 Å². The van der Waals surface area contributed by atoms with Crippen molar-refractivity contribution in [2.24, 2.45) is 0 Å². The standard InChI is InChI=1S/C19H22BrN3O/c1-2-15-7-3-6-10-18(15)22-11-13-23(14-12-22)19(24)21-17-9-5-4-8-16(17)20/h3-10H,2,11-14H2,1H3,(H,21,24). The van der Waals surface area contributed by atoms with Gasteiger partial charge < -0.3 is 15.1 Å². The normalized spacial score (nSPS) is 14.6. The molecule has 3 rings (SSSR count). The van der Waals surface area contributed by atoms with E-state index in [-0.39, 0.29) is 6.03 Å². The first-order valence-corrected chi connectivity index (χ1v) is 9.11. The van der Waals surface area contributed by atoms with Crippen molar-refractivity contribution in [2.75, 3.05) is 36.4 Å². The van der Waals surface area contributed by atoms with Crippen molar-refractivity contribution in [2.45, 2.75) is 13.3 Å². The molecule has 1 heterocycles. The van der Waals surface area contributed by atoms with Crippen LogP contribution in [-0.2, 0) is 6.42 Å². The number of nitrogens with zero attached hydrogens (tertiary/aromatic N) is 2. The minimum atomic E-state index is -0.0367. The Morgan fingerprint density at radius 3 is 2.42 bits per heavy atom. The summed E-state index contributed by atoms with van der Waals surface area (Å²) in [7, 11) is 0. The van der Waals surface area contributed by atoms with Gasteiger partial charge in [-0.2, -0.15) is 0 Å². The maximum absolute atomic E-state index is 12.5. The van der Waals surface area contributed by atoms with E-state index in [1.807, 2.05) is 29.2 Å². The zero-order chi connectivity index (χ0) is 16.9. The Hall–Kier alpha value is -2.01. The lowest BCUT2D eigenvalue weighted by Crippen LogP contribution is -2.50. The third-order valence-electron chi connectivity index (χ3n) is 4.40. The van der Waals surface area contributed by atoms with Gasteiger partial charge in [0.15, 0.2) is 0 Å². The van der Waals surface area contributed by atoms with E-state index >= 15 is 0 Å². The van der Waals surface area contributed by atoms with Gasteiger partial charge in [0.25, 0.3) is 0 Å². The molecule has 1 saturated heterocycles. The van der Waals surface area contributed by atoms with Gasteiger partial charge in [-0.15, -0.1) is 0 Å². The third-order valence-corrected chi connectivity index (χ3v) is 5.09. The first-order chi connectivity index (χ1) is 11.7. The van der Waals surface area contributed by atoms with Crippen molar-refractivity contribution in [3.63, 3.8) is 0 Å². The van der Waals surface area contributed by atoms with Gasteiger partial charge in [0, 0.05) is 36.3 Å². The monoisotopic (exact) mass is 387 g/mol. The fraction of sp³-hybridized carbons (Fsp3) is 0.316. The molecule has 1 fully saturated rings. The Labute approximate surface area is 151 Å². The zero-order valence-electron chi connectivity index (χ0n) is 13.8. The van der Waals surface area contributed by atoms with Gasteiger partial charge in [-0.1, -0.05) is 37.3 Å². The first kappa shape index (κ1) is 16.8. The van der Waals surface area contributed by atoms with Crippen molar-refractivity contribution in [3.8, 4) is 0 Å². The predicted octanol–water partition coefficient (Wildman–Crippen LogP) is 4.37. The molecule has 0 saturated carbocycles. The number of hydrogen-bond donors (Lipinski definition) is 1. The Balaban J connectivity index is 1.61. The van der Waals surface area contributed by atoms with Crippen molar-refractivity contribution < 1.29 is 4.79 Å². The quantitative estimate of drug-likeness (QED) is 0.848. The van der Waals surface area contributed by atoms with E-state index in [4.69, 9.17) is 0 Å². The van der Waals surface area contributed by atoms with E-state index in [9.17, 15) is 4.79 Å². The minimum Gasteiger partial charge on any atom is -0.368 e. The number of urea groups is 1. The summed E-state index contributed by atoms with van der Waals surface area (Å²) in [4.78, 5) is 16.7. The Bertz CT molecular complexity index is 711. The maximum atomic E-state index is 12.5. The zero-order valence-corrected chi connectivity index (χ0v) is 15.4. The number of benzene rings is 2. The second-order valence-corrected chi connectivity index (χ2v) is 6.72. The summed E-state index contributed by atoms with van der Waals surface area (Å²) >= 11 is 3.46. The maximum Gasteiger partial charge on any atom is 0.321 e. The van der Waals surface area contributed by atoms with Crippen molar-refractivity contribution in [3.05, 3.63) is 58.6 Å². The van der Waals surface area contributed by atoms with Crippen LogP contribution in [0, 0.1) is 0 Å². The Morgan fingerprint density at radius 2 is 1.71 bits per heavy atom. The van der Waals surface area contributed by atoms with Crippen LogP contribution in [0.1, 0.15) is 12.5 Å². The SMILES string of the molecule is CCc1ccccc1N1CCN(C(=O)Nc2ccccc2Br)CC1. The van der Waals surface area contributed by atoms with Crippen LogP contribution in [-0.4, -0.2) is 37.1 Å². The molecule has 0 atom stereocenters. The second-order valence-electron chi connectivity index (χ2n) is 5.87. The number of rotatable bonds is 3. The first-order valence-electron chi connectivity index (χ1n) is 8.32. The summed E-state index contributed by atoms with van der Waals surface area (Å²) in [6.45, 7) is 5.36. The number of carbonyl (C=O) groups is 1. The summed E-state index contributed by atoms with van der Waals surface area (Å²) in [6.07, 6.45) is 1.03. The van der Waals surface area contributed by atoms with E-state index in [0.29, 0.717) is 0 Å². The highest BCUT2D eigenvalue weighted by Crippen LogP contribution is 2.24. The van der Waals surface area contributed by atoms with Crippen LogP contribution in [0.4, 0.5) is 16.2 Å². The number of carbonyl (C=O) groups excluding carboxylic acids is 1. The molecule has 2 aromatic carbocycles. The topological polar surface area (TPSA) is 35.6 Å². The minimum absolute atomic E-state index is 0.0367. The molecule has 126 valence electrons. The van der Waals surface area contributed by atoms with Gasteiger partial charge in [0.05, 0.1) is 5.69 Å². The predicted molar refractivity (Wildman–Crippen MR) is 103 cm³/mol. The highest BCUT2D eigenvalue weighted by molar-refractivity contribution is 9.10. The van der Waals surface area contributed by atoms with Crippen LogP contribution in [0.2, 0.25) is 0 Å². The lowest BCUT2D eigenvalue weighted by Gasteiger charge is -2.37. The molecule has 0 aliphatic carbocycles. The lowest BCUT2D eigenvalue weighted by molar-refractivity contribution is 0.208. The number of aryl methyl sites for hydroxylation is 1. The van der Waals surface area contributed by atoms with Crippen LogP contribution < -0.4 is 10.2 Å². The molecule has 1 N–H and O–H groups in total. The van der Waals surface area contributed by atoms with Gasteiger partial charge in [-0.3, -0.25) is 0 Å². The number of para-hydroxylation sites is 2. The average Bonchev–Trinajstić information content (AvgIpc) is 2.63. The molecule has 0 unspecified atom stereocenters. The molecule has 4 nitrogen and oxygen atoms in total. The van der Waals surface area contributed by atoms with E-state index in [1.165, 1.54) is 11.3 Å². The Morgan fingerprint density at radius 1 is 1.04 bits per heavy atom. The van der Waals surface area contributed by atoms with Crippen LogP contribution in [0.15, 0.2) is 53.0 Å². The third kappa shape index (κ3) is 3.73. The van der Waals surface area contributed by atoms with Gasteiger partial charge in [-0.05, 0) is 46.1 Å². The number of anilines is 2. The molecule has 0 radical (unpaired) electrons. The van der Waals surface area contributed by atoms with Crippen LogP contribution in [0.5, 0.6) is 0 Å². The summed E-state index contributed by atoms with van der Waals surface area (Å²) in [5.74, 6) is 0. The van der Waals surface area contributed by atoms with Crippen LogP contribution in [0.25, 0.3) is 0 Å². The molecule has 1 aliphatic rings. The smallest absolute Gasteiger partial charge is 0.321 e. The number of amides is 2. The fourth-order valence-electron chi connectivity index (χ4n) is 3.03. The largest absolute Gasteiger partial charge is 0.368 e. The molecule has 2 aromatic rings. The van der Waals surface area contributed by atoms with E-state index in [2.05, 4.69) is 57.3 Å². The lowest BCUT2D eigenvalue weighted by atomic mass is 10.1. The Kier molecular flexibility index (Phi) is 5.41. The highest BCUT2D eigenvalue weighted by Gasteiger charge is 2.22. The molecular formula is C19H22BrN3O. The molecule has 24 heavy (non-hydrogen) atoms. The highest BCUT2D eigenvalue weighted by atomic mass is 79.9. The molecule has 0 spiro atoms. The summed E-state index contributed by atoms with van der Waals surface area (Å²) in [6, 6.07) is 16.2. The fourth-order valence-corrected chi connectivity index (χ4v) is 3.41. The number of halogens is 1. The van der Waals surface area contributed by atoms with E-state index in [1.54, 1.807) is 0 Å². The average molecular weight is 388 g/mol. The van der Waals surface area contributed by atoms with Gasteiger partial charge >= 0.3 is 6.03 Å². The number of nitrogens with one attached hydrogen (secondary N) is 1. The molecule has 0 bridgehead atoms. The molecule has 1 aliphatic heterocycles. The van der Waals surface area contributed by atoms with Crippen LogP contribution in [0.3, 0.4) is 0 Å². The van der Waals surface area contributed by atoms with Gasteiger partial charge in [0.1, 0.15) is 0 Å². The van der Waals surface area contributed by atoms with E-state index in [0.717, 1.165) is 42.8 Å². The number of hydrogen-bond acceptors (Lipinski definition) is 2. The summed E-state index contributed by atoms with van der Waals surface area (Å²) in [5.41, 5.74) is 3.47. The van der Waals surface area contributed by atoms with Crippen molar-refractivity contribution >= 4 is 33.3 Å². The number of piperazine rings is 1. The van der Waals surface area contributed by atoms with E-state index < -0.39 is 0 Å².